The highest BCUT2D eigenvalue weighted by Gasteiger charge is 2.40. The summed E-state index contributed by atoms with van der Waals surface area (Å²) in [6.07, 6.45) is 7.69. The molecule has 17 heavy (non-hydrogen) atoms. The number of benzene rings is 1. The summed E-state index contributed by atoms with van der Waals surface area (Å²) in [5, 5.41) is 10.3. The molecular weight excluding hydrogens is 212 g/mol. The van der Waals surface area contributed by atoms with Gasteiger partial charge in [0.2, 0.25) is 0 Å². The third kappa shape index (κ3) is 2.06. The minimum absolute atomic E-state index is 0.0930. The van der Waals surface area contributed by atoms with Crippen LogP contribution in [0.1, 0.15) is 56.6 Å². The van der Waals surface area contributed by atoms with Gasteiger partial charge in [-0.25, -0.2) is 0 Å². The van der Waals surface area contributed by atoms with Crippen LogP contribution in [-0.4, -0.2) is 10.7 Å². The van der Waals surface area contributed by atoms with Gasteiger partial charge in [-0.2, -0.15) is 0 Å². The summed E-state index contributed by atoms with van der Waals surface area (Å²) >= 11 is 0. The molecule has 0 saturated heterocycles. The quantitative estimate of drug-likeness (QED) is 0.740. The fraction of sp³-hybridized carbons (Fsp3) is 0.600. The summed E-state index contributed by atoms with van der Waals surface area (Å²) in [4.78, 5) is 0. The molecule has 1 aromatic carbocycles. The van der Waals surface area contributed by atoms with Crippen LogP contribution in [0.25, 0.3) is 0 Å². The Hall–Kier alpha value is -1.02. The summed E-state index contributed by atoms with van der Waals surface area (Å²) in [6, 6.07) is 7.92. The maximum atomic E-state index is 10.3. The first-order chi connectivity index (χ1) is 8.29. The summed E-state index contributed by atoms with van der Waals surface area (Å²) in [6.45, 7) is 0. The third-order valence-electron chi connectivity index (χ3n) is 4.18. The van der Waals surface area contributed by atoms with Crippen molar-refractivity contribution in [3.8, 4) is 5.75 Å². The average molecular weight is 232 g/mol. The summed E-state index contributed by atoms with van der Waals surface area (Å²) in [5.74, 6) is 0.896. The minimum Gasteiger partial charge on any atom is -0.487 e. The van der Waals surface area contributed by atoms with E-state index in [0.29, 0.717) is 0 Å². The van der Waals surface area contributed by atoms with Crippen LogP contribution in [0, 0.1) is 0 Å². The molecule has 3 rings (SSSR count). The molecule has 1 saturated carbocycles. The van der Waals surface area contributed by atoms with Crippen molar-refractivity contribution in [3.05, 3.63) is 29.8 Å². The molecule has 2 heteroatoms. The molecule has 2 nitrogen and oxygen atoms in total. The van der Waals surface area contributed by atoms with Gasteiger partial charge in [0, 0.05) is 12.0 Å². The lowest BCUT2D eigenvalue weighted by Crippen LogP contribution is -2.40. The van der Waals surface area contributed by atoms with Crippen LogP contribution in [0.2, 0.25) is 0 Å². The Balaban J connectivity index is 1.91. The average Bonchev–Trinajstić information content (AvgIpc) is 2.55. The van der Waals surface area contributed by atoms with E-state index in [1.54, 1.807) is 0 Å². The van der Waals surface area contributed by atoms with Crippen molar-refractivity contribution < 1.29 is 9.84 Å². The highest BCUT2D eigenvalue weighted by molar-refractivity contribution is 5.38. The highest BCUT2D eigenvalue weighted by atomic mass is 16.5. The third-order valence-corrected chi connectivity index (χ3v) is 4.18. The summed E-state index contributed by atoms with van der Waals surface area (Å²) in [5.41, 5.74) is 0.868. The van der Waals surface area contributed by atoms with Gasteiger partial charge in [0.15, 0.2) is 0 Å². The molecule has 1 aliphatic carbocycles. The zero-order valence-corrected chi connectivity index (χ0v) is 10.2. The molecule has 0 bridgehead atoms. The molecule has 1 aliphatic heterocycles. The summed E-state index contributed by atoms with van der Waals surface area (Å²) < 4.78 is 6.25. The first kappa shape index (κ1) is 11.1. The number of para-hydroxylation sites is 1. The fourth-order valence-electron chi connectivity index (χ4n) is 3.27. The topological polar surface area (TPSA) is 29.5 Å². The van der Waals surface area contributed by atoms with E-state index in [1.807, 2.05) is 24.3 Å². The number of aliphatic hydroxyl groups excluding tert-OH is 1. The van der Waals surface area contributed by atoms with Crippen LogP contribution in [0.3, 0.4) is 0 Å². The van der Waals surface area contributed by atoms with E-state index in [4.69, 9.17) is 4.74 Å². The van der Waals surface area contributed by atoms with Crippen molar-refractivity contribution >= 4 is 0 Å². The number of fused-ring (bicyclic) bond motifs is 1. The van der Waals surface area contributed by atoms with E-state index in [2.05, 4.69) is 0 Å². The van der Waals surface area contributed by atoms with Crippen LogP contribution < -0.4 is 4.74 Å². The van der Waals surface area contributed by atoms with Gasteiger partial charge in [0.1, 0.15) is 11.4 Å². The lowest BCUT2D eigenvalue weighted by atomic mass is 9.83. The van der Waals surface area contributed by atoms with Gasteiger partial charge >= 0.3 is 0 Å². The second-order valence-corrected chi connectivity index (χ2v) is 5.46. The van der Waals surface area contributed by atoms with Crippen molar-refractivity contribution in [1.82, 2.24) is 0 Å². The predicted molar refractivity (Wildman–Crippen MR) is 67.1 cm³/mol. The molecule has 1 fully saturated rings. The first-order valence-corrected chi connectivity index (χ1v) is 6.75. The smallest absolute Gasteiger partial charge is 0.125 e. The molecule has 0 aromatic heterocycles. The largest absolute Gasteiger partial charge is 0.487 e. The van der Waals surface area contributed by atoms with Gasteiger partial charge in [0.05, 0.1) is 6.10 Å². The maximum absolute atomic E-state index is 10.3. The van der Waals surface area contributed by atoms with Gasteiger partial charge < -0.3 is 9.84 Å². The van der Waals surface area contributed by atoms with Crippen LogP contribution >= 0.6 is 0 Å². The number of aliphatic hydroxyl groups is 1. The van der Waals surface area contributed by atoms with Crippen molar-refractivity contribution in [2.75, 3.05) is 0 Å². The van der Waals surface area contributed by atoms with Crippen LogP contribution in [0.15, 0.2) is 24.3 Å². The Morgan fingerprint density at radius 2 is 1.76 bits per heavy atom. The summed E-state index contributed by atoms with van der Waals surface area (Å²) in [7, 11) is 0. The Kier molecular flexibility index (Phi) is 2.83. The predicted octanol–water partition coefficient (Wildman–Crippen LogP) is 3.60. The van der Waals surface area contributed by atoms with Crippen molar-refractivity contribution in [1.29, 1.82) is 0 Å². The number of rotatable bonds is 0. The second kappa shape index (κ2) is 4.34. The molecule has 1 spiro atoms. The normalized spacial score (nSPS) is 27.0. The second-order valence-electron chi connectivity index (χ2n) is 5.46. The van der Waals surface area contributed by atoms with E-state index in [0.717, 1.165) is 30.6 Å². The molecule has 1 heterocycles. The van der Waals surface area contributed by atoms with E-state index >= 15 is 0 Å². The Labute approximate surface area is 103 Å². The minimum atomic E-state index is -0.349. The lowest BCUT2D eigenvalue weighted by Gasteiger charge is -2.40. The van der Waals surface area contributed by atoms with Crippen LogP contribution in [0.5, 0.6) is 5.75 Å². The Morgan fingerprint density at radius 3 is 2.53 bits per heavy atom. The van der Waals surface area contributed by atoms with Crippen LogP contribution in [-0.2, 0) is 0 Å². The molecular formula is C15H20O2. The number of hydrogen-bond donors (Lipinski definition) is 1. The van der Waals surface area contributed by atoms with Gasteiger partial charge in [0.25, 0.3) is 0 Å². The van der Waals surface area contributed by atoms with Crippen molar-refractivity contribution in [2.24, 2.45) is 0 Å². The molecule has 0 radical (unpaired) electrons. The molecule has 1 aromatic rings. The van der Waals surface area contributed by atoms with Crippen molar-refractivity contribution in [3.63, 3.8) is 0 Å². The van der Waals surface area contributed by atoms with Gasteiger partial charge in [-0.05, 0) is 31.7 Å². The van der Waals surface area contributed by atoms with Gasteiger partial charge in [-0.3, -0.25) is 0 Å². The lowest BCUT2D eigenvalue weighted by molar-refractivity contribution is -0.0244. The molecule has 2 aliphatic rings. The van der Waals surface area contributed by atoms with Crippen LogP contribution in [0.4, 0.5) is 0 Å². The van der Waals surface area contributed by atoms with Gasteiger partial charge in [-0.1, -0.05) is 31.0 Å². The zero-order valence-electron chi connectivity index (χ0n) is 10.2. The maximum Gasteiger partial charge on any atom is 0.125 e. The molecule has 1 atom stereocenters. The highest BCUT2D eigenvalue weighted by Crippen LogP contribution is 2.45. The molecule has 0 unspecified atom stereocenters. The zero-order chi connectivity index (χ0) is 11.7. The van der Waals surface area contributed by atoms with E-state index < -0.39 is 0 Å². The number of hydrogen-bond acceptors (Lipinski definition) is 2. The monoisotopic (exact) mass is 232 g/mol. The molecule has 1 N–H and O–H groups in total. The molecule has 0 amide bonds. The van der Waals surface area contributed by atoms with Crippen molar-refractivity contribution in [2.45, 2.75) is 56.7 Å². The van der Waals surface area contributed by atoms with E-state index in [1.165, 1.54) is 25.7 Å². The fourth-order valence-corrected chi connectivity index (χ4v) is 3.27. The standard InChI is InChI=1S/C15H20O2/c16-13-11-15(9-5-1-2-6-10-15)17-14-8-4-3-7-12(13)14/h3-4,7-8,13,16H,1-2,5-6,9-11H2/t13-/m1/s1. The van der Waals surface area contributed by atoms with E-state index in [-0.39, 0.29) is 11.7 Å². The van der Waals surface area contributed by atoms with E-state index in [9.17, 15) is 5.11 Å². The molecule has 92 valence electrons. The SMILES string of the molecule is O[C@@H]1CC2(CCCCCC2)Oc2ccccc21. The Morgan fingerprint density at radius 1 is 1.06 bits per heavy atom. The number of ether oxygens (including phenoxy) is 1. The Bertz CT molecular complexity index is 392. The first-order valence-electron chi connectivity index (χ1n) is 6.75. The van der Waals surface area contributed by atoms with Gasteiger partial charge in [-0.15, -0.1) is 0 Å².